The van der Waals surface area contributed by atoms with E-state index in [2.05, 4.69) is 28.8 Å². The van der Waals surface area contributed by atoms with Crippen molar-refractivity contribution in [1.82, 2.24) is 10.6 Å². The number of methoxy groups -OCH3 is 1. The molecule has 124 valence electrons. The lowest BCUT2D eigenvalue weighted by Crippen LogP contribution is -2.60. The summed E-state index contributed by atoms with van der Waals surface area (Å²) in [7, 11) is 1.74. The molecular weight excluding hydrogens is 286 g/mol. The lowest BCUT2D eigenvalue weighted by Gasteiger charge is -2.44. The minimum absolute atomic E-state index is 0.110. The van der Waals surface area contributed by atoms with E-state index in [1.54, 1.807) is 7.11 Å². The molecule has 1 saturated carbocycles. The summed E-state index contributed by atoms with van der Waals surface area (Å²) in [6.45, 7) is 1.84. The highest BCUT2D eigenvalue weighted by Gasteiger charge is 2.43. The first kappa shape index (κ1) is 15.0. The van der Waals surface area contributed by atoms with Gasteiger partial charge in [-0.05, 0) is 55.4 Å². The normalized spacial score (nSPS) is 27.6. The zero-order valence-corrected chi connectivity index (χ0v) is 14.0. The van der Waals surface area contributed by atoms with Crippen molar-refractivity contribution in [2.24, 2.45) is 4.99 Å². The molecule has 1 aliphatic heterocycles. The Morgan fingerprint density at radius 1 is 1.26 bits per heavy atom. The fraction of sp³-hybridized carbons (Fsp3) is 0.632. The number of ether oxygens (including phenoxy) is 1. The average molecular weight is 313 g/mol. The quantitative estimate of drug-likeness (QED) is 0.882. The van der Waals surface area contributed by atoms with Gasteiger partial charge in [-0.15, -0.1) is 0 Å². The molecule has 2 N–H and O–H groups in total. The monoisotopic (exact) mass is 313 g/mol. The molecule has 0 amide bonds. The maximum atomic E-state index is 5.42. The predicted molar refractivity (Wildman–Crippen MR) is 93.3 cm³/mol. The summed E-state index contributed by atoms with van der Waals surface area (Å²) in [5.41, 5.74) is 2.69. The molecule has 23 heavy (non-hydrogen) atoms. The second kappa shape index (κ2) is 6.16. The van der Waals surface area contributed by atoms with E-state index in [1.165, 1.54) is 49.1 Å². The molecule has 4 nitrogen and oxygen atoms in total. The van der Waals surface area contributed by atoms with Crippen LogP contribution in [0.2, 0.25) is 0 Å². The topological polar surface area (TPSA) is 45.6 Å². The second-order valence-electron chi connectivity index (χ2n) is 7.06. The van der Waals surface area contributed by atoms with Gasteiger partial charge in [0.05, 0.1) is 13.7 Å². The maximum absolute atomic E-state index is 5.42. The van der Waals surface area contributed by atoms with Crippen LogP contribution < -0.4 is 15.4 Å². The van der Waals surface area contributed by atoms with Gasteiger partial charge in [-0.2, -0.15) is 0 Å². The van der Waals surface area contributed by atoms with Gasteiger partial charge in [0.1, 0.15) is 17.1 Å². The third-order valence-electron chi connectivity index (χ3n) is 5.68. The van der Waals surface area contributed by atoms with Crippen molar-refractivity contribution in [2.75, 3.05) is 20.2 Å². The van der Waals surface area contributed by atoms with Crippen LogP contribution in [0, 0.1) is 0 Å². The number of nitrogens with zero attached hydrogens (tertiary/aromatic N) is 1. The van der Waals surface area contributed by atoms with Crippen molar-refractivity contribution < 1.29 is 4.74 Å². The summed E-state index contributed by atoms with van der Waals surface area (Å²) in [6.07, 6.45) is 8.71. The molecule has 0 bridgehead atoms. The SMILES string of the molecule is COc1ccc2c(c1)CCCC21NCCN=C1NC1CCCC1. The fourth-order valence-corrected chi connectivity index (χ4v) is 4.52. The molecule has 1 spiro atoms. The van der Waals surface area contributed by atoms with Gasteiger partial charge in [0.25, 0.3) is 0 Å². The smallest absolute Gasteiger partial charge is 0.122 e. The van der Waals surface area contributed by atoms with E-state index >= 15 is 0 Å². The minimum atomic E-state index is -0.110. The number of benzene rings is 1. The minimum Gasteiger partial charge on any atom is -0.497 e. The molecule has 4 rings (SSSR count). The van der Waals surface area contributed by atoms with Crippen molar-refractivity contribution in [3.63, 3.8) is 0 Å². The van der Waals surface area contributed by atoms with Crippen molar-refractivity contribution >= 4 is 5.84 Å². The number of rotatable bonds is 2. The van der Waals surface area contributed by atoms with E-state index in [0.29, 0.717) is 6.04 Å². The van der Waals surface area contributed by atoms with E-state index in [0.717, 1.165) is 31.7 Å². The van der Waals surface area contributed by atoms with Crippen LogP contribution in [-0.4, -0.2) is 32.1 Å². The standard InChI is InChI=1S/C19H27N3O/c1-23-16-8-9-17-14(13-16)5-4-10-19(17)18(20-11-12-21-19)22-15-6-2-3-7-15/h8-9,13,15,21H,2-7,10-12H2,1H3,(H,20,22). The van der Waals surface area contributed by atoms with Crippen LogP contribution in [0.4, 0.5) is 0 Å². The van der Waals surface area contributed by atoms with Crippen LogP contribution in [0.5, 0.6) is 5.75 Å². The second-order valence-corrected chi connectivity index (χ2v) is 7.06. The van der Waals surface area contributed by atoms with Crippen molar-refractivity contribution in [2.45, 2.75) is 56.5 Å². The Morgan fingerprint density at radius 2 is 2.13 bits per heavy atom. The fourth-order valence-electron chi connectivity index (χ4n) is 4.52. The molecule has 1 atom stereocenters. The summed E-state index contributed by atoms with van der Waals surface area (Å²) < 4.78 is 5.42. The van der Waals surface area contributed by atoms with E-state index in [-0.39, 0.29) is 5.54 Å². The average Bonchev–Trinajstić information content (AvgIpc) is 3.10. The molecule has 2 aliphatic carbocycles. The van der Waals surface area contributed by atoms with Crippen LogP contribution in [0.1, 0.15) is 49.7 Å². The van der Waals surface area contributed by atoms with E-state index in [9.17, 15) is 0 Å². The molecular formula is C19H27N3O. The molecule has 0 radical (unpaired) electrons. The van der Waals surface area contributed by atoms with Gasteiger partial charge in [-0.25, -0.2) is 0 Å². The zero-order valence-electron chi connectivity index (χ0n) is 14.0. The number of amidine groups is 1. The first-order chi connectivity index (χ1) is 11.3. The zero-order chi connectivity index (χ0) is 15.7. The van der Waals surface area contributed by atoms with Crippen LogP contribution >= 0.6 is 0 Å². The summed E-state index contributed by atoms with van der Waals surface area (Å²) in [4.78, 5) is 4.92. The van der Waals surface area contributed by atoms with Crippen molar-refractivity contribution in [3.8, 4) is 5.75 Å². The van der Waals surface area contributed by atoms with Crippen LogP contribution in [0.3, 0.4) is 0 Å². The van der Waals surface area contributed by atoms with Gasteiger partial charge in [0.15, 0.2) is 0 Å². The third kappa shape index (κ3) is 2.63. The molecule has 3 aliphatic rings. The summed E-state index contributed by atoms with van der Waals surface area (Å²) in [5.74, 6) is 2.14. The largest absolute Gasteiger partial charge is 0.497 e. The number of hydrogen-bond donors (Lipinski definition) is 2. The first-order valence-electron chi connectivity index (χ1n) is 9.06. The Kier molecular flexibility index (Phi) is 4.02. The highest BCUT2D eigenvalue weighted by molar-refractivity contribution is 5.94. The Hall–Kier alpha value is -1.55. The molecule has 1 heterocycles. The van der Waals surface area contributed by atoms with Crippen LogP contribution in [0.25, 0.3) is 0 Å². The lowest BCUT2D eigenvalue weighted by atomic mass is 9.74. The molecule has 4 heteroatoms. The van der Waals surface area contributed by atoms with E-state index in [4.69, 9.17) is 9.73 Å². The van der Waals surface area contributed by atoms with Gasteiger partial charge in [0, 0.05) is 12.6 Å². The van der Waals surface area contributed by atoms with Crippen molar-refractivity contribution in [3.05, 3.63) is 29.3 Å². The predicted octanol–water partition coefficient (Wildman–Crippen LogP) is 2.76. The highest BCUT2D eigenvalue weighted by atomic mass is 16.5. The van der Waals surface area contributed by atoms with Crippen LogP contribution in [-0.2, 0) is 12.0 Å². The highest BCUT2D eigenvalue weighted by Crippen LogP contribution is 2.39. The van der Waals surface area contributed by atoms with Crippen molar-refractivity contribution in [1.29, 1.82) is 0 Å². The summed E-state index contributed by atoms with van der Waals surface area (Å²) >= 11 is 0. The first-order valence-corrected chi connectivity index (χ1v) is 9.06. The maximum Gasteiger partial charge on any atom is 0.122 e. The van der Waals surface area contributed by atoms with Gasteiger partial charge >= 0.3 is 0 Å². The number of hydrogen-bond acceptors (Lipinski definition) is 4. The Morgan fingerprint density at radius 3 is 2.96 bits per heavy atom. The number of nitrogens with one attached hydrogen (secondary N) is 2. The Bertz CT molecular complexity index is 607. The molecule has 0 saturated heterocycles. The molecule has 1 aromatic rings. The summed E-state index contributed by atoms with van der Waals surface area (Å²) in [5, 5.41) is 7.62. The molecule has 0 aromatic heterocycles. The van der Waals surface area contributed by atoms with E-state index in [1.807, 2.05) is 0 Å². The number of aliphatic imine (C=N–C) groups is 1. The third-order valence-corrected chi connectivity index (χ3v) is 5.68. The Balaban J connectivity index is 1.71. The number of aryl methyl sites for hydroxylation is 1. The molecule has 1 aromatic carbocycles. The van der Waals surface area contributed by atoms with Crippen LogP contribution in [0.15, 0.2) is 23.2 Å². The molecule has 1 unspecified atom stereocenters. The van der Waals surface area contributed by atoms with Gasteiger partial charge in [-0.1, -0.05) is 18.9 Å². The number of fused-ring (bicyclic) bond motifs is 2. The Labute approximate surface area is 138 Å². The van der Waals surface area contributed by atoms with E-state index < -0.39 is 0 Å². The van der Waals surface area contributed by atoms with Gasteiger partial charge in [0.2, 0.25) is 0 Å². The lowest BCUT2D eigenvalue weighted by molar-refractivity contribution is 0.356. The summed E-state index contributed by atoms with van der Waals surface area (Å²) in [6, 6.07) is 7.15. The molecule has 1 fully saturated rings. The van der Waals surface area contributed by atoms with Gasteiger partial charge < -0.3 is 10.1 Å². The van der Waals surface area contributed by atoms with Gasteiger partial charge in [-0.3, -0.25) is 10.3 Å².